The molecular weight excluding hydrogens is 366 g/mol. The molecule has 2 aromatic rings. The van der Waals surface area contributed by atoms with Gasteiger partial charge in [0.1, 0.15) is 12.4 Å². The summed E-state index contributed by atoms with van der Waals surface area (Å²) in [7, 11) is 0. The average molecular weight is 381 g/mol. The lowest BCUT2D eigenvalue weighted by molar-refractivity contribution is -0.121. The Kier molecular flexibility index (Phi) is 4.41. The van der Waals surface area contributed by atoms with Crippen molar-refractivity contribution in [1.29, 1.82) is 0 Å². The van der Waals surface area contributed by atoms with E-state index in [1.54, 1.807) is 6.07 Å². The van der Waals surface area contributed by atoms with E-state index in [1.807, 2.05) is 37.3 Å². The summed E-state index contributed by atoms with van der Waals surface area (Å²) in [6.07, 6.45) is 0.630. The van der Waals surface area contributed by atoms with E-state index >= 15 is 0 Å². The molecule has 3 rings (SSSR count). The number of benzene rings is 2. The van der Waals surface area contributed by atoms with Crippen LogP contribution in [0.1, 0.15) is 11.1 Å². The highest BCUT2D eigenvalue weighted by molar-refractivity contribution is 9.10. The first-order chi connectivity index (χ1) is 10.5. The molecular formula is C17H15BrClNO2. The minimum atomic E-state index is -0.223. The second-order valence-electron chi connectivity index (χ2n) is 5.44. The Bertz CT molecular complexity index is 733. The molecule has 114 valence electrons. The van der Waals surface area contributed by atoms with E-state index in [0.29, 0.717) is 18.1 Å². The maximum atomic E-state index is 12.5. The molecule has 3 nitrogen and oxygen atoms in total. The van der Waals surface area contributed by atoms with E-state index in [4.69, 9.17) is 16.3 Å². The molecule has 1 aliphatic heterocycles. The Labute approximate surface area is 142 Å². The first-order valence-electron chi connectivity index (χ1n) is 7.01. The SMILES string of the molecule is Cc1ccc(NC(=O)C2COc3ccc(Cl)cc3C2)c(Br)c1. The fraction of sp³-hybridized carbons (Fsp3) is 0.235. The minimum Gasteiger partial charge on any atom is -0.492 e. The maximum Gasteiger partial charge on any atom is 0.231 e. The van der Waals surface area contributed by atoms with Crippen molar-refractivity contribution in [3.63, 3.8) is 0 Å². The lowest BCUT2D eigenvalue weighted by Gasteiger charge is -2.25. The van der Waals surface area contributed by atoms with E-state index in [1.165, 1.54) is 0 Å². The molecule has 0 spiro atoms. The fourth-order valence-corrected chi connectivity index (χ4v) is 3.27. The van der Waals surface area contributed by atoms with Gasteiger partial charge in [-0.15, -0.1) is 0 Å². The predicted octanol–water partition coefficient (Wildman–Crippen LogP) is 4.60. The second kappa shape index (κ2) is 6.31. The van der Waals surface area contributed by atoms with Crippen LogP contribution in [-0.2, 0) is 11.2 Å². The summed E-state index contributed by atoms with van der Waals surface area (Å²) in [6, 6.07) is 11.3. The zero-order valence-corrected chi connectivity index (χ0v) is 14.4. The molecule has 0 saturated heterocycles. The highest BCUT2D eigenvalue weighted by Crippen LogP contribution is 2.31. The molecule has 0 bridgehead atoms. The zero-order chi connectivity index (χ0) is 15.7. The number of anilines is 1. The largest absolute Gasteiger partial charge is 0.492 e. The standard InChI is InChI=1S/C17H15BrClNO2/c1-10-2-4-15(14(18)6-10)20-17(21)12-7-11-8-13(19)3-5-16(11)22-9-12/h2-6,8,12H,7,9H2,1H3,(H,20,21). The monoisotopic (exact) mass is 379 g/mol. The molecule has 0 saturated carbocycles. The highest BCUT2D eigenvalue weighted by atomic mass is 79.9. The van der Waals surface area contributed by atoms with Crippen molar-refractivity contribution in [3.05, 3.63) is 57.0 Å². The predicted molar refractivity (Wildman–Crippen MR) is 91.6 cm³/mol. The number of ether oxygens (including phenoxy) is 1. The normalized spacial score (nSPS) is 16.6. The van der Waals surface area contributed by atoms with Crippen LogP contribution in [0.4, 0.5) is 5.69 Å². The molecule has 1 N–H and O–H groups in total. The van der Waals surface area contributed by atoms with Gasteiger partial charge in [-0.25, -0.2) is 0 Å². The lowest BCUT2D eigenvalue weighted by atomic mass is 9.96. The number of hydrogen-bond acceptors (Lipinski definition) is 2. The second-order valence-corrected chi connectivity index (χ2v) is 6.73. The first-order valence-corrected chi connectivity index (χ1v) is 8.18. The van der Waals surface area contributed by atoms with Gasteiger partial charge in [0.2, 0.25) is 5.91 Å². The molecule has 0 fully saturated rings. The number of amides is 1. The van der Waals surface area contributed by atoms with E-state index in [-0.39, 0.29) is 11.8 Å². The van der Waals surface area contributed by atoms with Crippen molar-refractivity contribution in [2.45, 2.75) is 13.3 Å². The number of halogens is 2. The van der Waals surface area contributed by atoms with Crippen molar-refractivity contribution in [1.82, 2.24) is 0 Å². The van der Waals surface area contributed by atoms with Gasteiger partial charge in [0.15, 0.2) is 0 Å². The molecule has 1 atom stereocenters. The fourth-order valence-electron chi connectivity index (χ4n) is 2.49. The number of aryl methyl sites for hydroxylation is 1. The summed E-state index contributed by atoms with van der Waals surface area (Å²) < 4.78 is 6.54. The summed E-state index contributed by atoms with van der Waals surface area (Å²) in [4.78, 5) is 12.5. The third kappa shape index (κ3) is 3.28. The van der Waals surface area contributed by atoms with Gasteiger partial charge >= 0.3 is 0 Å². The Morgan fingerprint density at radius 3 is 2.91 bits per heavy atom. The van der Waals surface area contributed by atoms with Gasteiger partial charge in [0, 0.05) is 9.50 Å². The zero-order valence-electron chi connectivity index (χ0n) is 12.0. The first kappa shape index (κ1) is 15.4. The van der Waals surface area contributed by atoms with E-state index < -0.39 is 0 Å². The summed E-state index contributed by atoms with van der Waals surface area (Å²) in [5.41, 5.74) is 2.88. The van der Waals surface area contributed by atoms with Crippen molar-refractivity contribution in [3.8, 4) is 5.75 Å². The number of rotatable bonds is 2. The lowest BCUT2D eigenvalue weighted by Crippen LogP contribution is -2.32. The average Bonchev–Trinajstić information content (AvgIpc) is 2.49. The van der Waals surface area contributed by atoms with Crippen LogP contribution in [0.2, 0.25) is 5.02 Å². The Morgan fingerprint density at radius 2 is 2.14 bits per heavy atom. The minimum absolute atomic E-state index is 0.0461. The molecule has 1 amide bonds. The van der Waals surface area contributed by atoms with Crippen LogP contribution in [0.5, 0.6) is 5.75 Å². The van der Waals surface area contributed by atoms with Gasteiger partial charge in [-0.05, 0) is 70.7 Å². The van der Waals surface area contributed by atoms with Crippen LogP contribution < -0.4 is 10.1 Å². The van der Waals surface area contributed by atoms with Gasteiger partial charge < -0.3 is 10.1 Å². The third-order valence-electron chi connectivity index (χ3n) is 3.68. The van der Waals surface area contributed by atoms with Gasteiger partial charge in [0.25, 0.3) is 0 Å². The number of hydrogen-bond donors (Lipinski definition) is 1. The Balaban J connectivity index is 1.74. The molecule has 1 unspecified atom stereocenters. The number of nitrogens with one attached hydrogen (secondary N) is 1. The topological polar surface area (TPSA) is 38.3 Å². The molecule has 0 radical (unpaired) electrons. The van der Waals surface area contributed by atoms with Crippen molar-refractivity contribution < 1.29 is 9.53 Å². The summed E-state index contributed by atoms with van der Waals surface area (Å²) >= 11 is 9.48. The van der Waals surface area contributed by atoms with Crippen molar-refractivity contribution in [2.24, 2.45) is 5.92 Å². The van der Waals surface area contributed by atoms with Crippen LogP contribution in [0.15, 0.2) is 40.9 Å². The molecule has 5 heteroatoms. The van der Waals surface area contributed by atoms with E-state index in [2.05, 4.69) is 21.2 Å². The molecule has 1 heterocycles. The van der Waals surface area contributed by atoms with Crippen LogP contribution in [0.3, 0.4) is 0 Å². The van der Waals surface area contributed by atoms with Gasteiger partial charge in [-0.3, -0.25) is 4.79 Å². The Hall–Kier alpha value is -1.52. The third-order valence-corrected chi connectivity index (χ3v) is 4.57. The van der Waals surface area contributed by atoms with E-state index in [9.17, 15) is 4.79 Å². The van der Waals surface area contributed by atoms with Crippen LogP contribution in [0.25, 0.3) is 0 Å². The quantitative estimate of drug-likeness (QED) is 0.827. The maximum absolute atomic E-state index is 12.5. The summed E-state index contributed by atoms with van der Waals surface area (Å²) in [6.45, 7) is 2.38. The van der Waals surface area contributed by atoms with Crippen molar-refractivity contribution in [2.75, 3.05) is 11.9 Å². The van der Waals surface area contributed by atoms with Gasteiger partial charge in [0.05, 0.1) is 11.6 Å². The molecule has 1 aliphatic rings. The Morgan fingerprint density at radius 1 is 1.32 bits per heavy atom. The van der Waals surface area contributed by atoms with Crippen LogP contribution in [0, 0.1) is 12.8 Å². The smallest absolute Gasteiger partial charge is 0.231 e. The van der Waals surface area contributed by atoms with Crippen LogP contribution in [-0.4, -0.2) is 12.5 Å². The number of fused-ring (bicyclic) bond motifs is 1. The number of carbonyl (C=O) groups excluding carboxylic acids is 1. The molecule has 22 heavy (non-hydrogen) atoms. The van der Waals surface area contributed by atoms with E-state index in [0.717, 1.165) is 27.0 Å². The van der Waals surface area contributed by atoms with Gasteiger partial charge in [-0.1, -0.05) is 17.7 Å². The van der Waals surface area contributed by atoms with Gasteiger partial charge in [-0.2, -0.15) is 0 Å². The highest BCUT2D eigenvalue weighted by Gasteiger charge is 2.26. The van der Waals surface area contributed by atoms with Crippen molar-refractivity contribution >= 4 is 39.1 Å². The molecule has 2 aromatic carbocycles. The molecule has 0 aromatic heterocycles. The van der Waals surface area contributed by atoms with Crippen LogP contribution >= 0.6 is 27.5 Å². The molecule has 0 aliphatic carbocycles. The summed E-state index contributed by atoms with van der Waals surface area (Å²) in [5.74, 6) is 0.541. The summed E-state index contributed by atoms with van der Waals surface area (Å²) in [5, 5.41) is 3.61. The number of carbonyl (C=O) groups is 1.